The van der Waals surface area contributed by atoms with E-state index in [0.717, 1.165) is 18.2 Å². The number of halogens is 4. The number of hydrogen-bond acceptors (Lipinski definition) is 7. The third kappa shape index (κ3) is 6.47. The van der Waals surface area contributed by atoms with Crippen LogP contribution in [0.3, 0.4) is 0 Å². The minimum absolute atomic E-state index is 0.0197. The van der Waals surface area contributed by atoms with Crippen LogP contribution in [0.15, 0.2) is 54.6 Å². The number of rotatable bonds is 9. The van der Waals surface area contributed by atoms with E-state index in [4.69, 9.17) is 15.2 Å². The standard InChI is InChI=1S/C29H30F4N4O5/c1-27(2,34)18-13-20(16-4-7-19(30)8-5-16)37-24(14-18)28(40,29(31,32)33)15-36-25(38)17-6-9-21(23(12-17)41-3)42-22-10-11-35-26(22)39/h4-9,12-14,22,40H,10-11,15,34H2,1-3H3,(H,35,39)(H,36,38)/t22-,28?/m0/s1. The molecule has 2 atom stereocenters. The summed E-state index contributed by atoms with van der Waals surface area (Å²) in [5.41, 5.74) is 1.06. The Bertz CT molecular complexity index is 1470. The first kappa shape index (κ1) is 30.7. The monoisotopic (exact) mass is 590 g/mol. The maximum absolute atomic E-state index is 14.5. The summed E-state index contributed by atoms with van der Waals surface area (Å²) in [6.45, 7) is 2.28. The Balaban J connectivity index is 1.64. The van der Waals surface area contributed by atoms with Crippen LogP contribution in [0.2, 0.25) is 0 Å². The highest BCUT2D eigenvalue weighted by Crippen LogP contribution is 2.40. The molecule has 0 bridgehead atoms. The Labute approximate surface area is 239 Å². The Morgan fingerprint density at radius 3 is 2.38 bits per heavy atom. The van der Waals surface area contributed by atoms with Crippen LogP contribution in [0, 0.1) is 5.82 Å². The number of carbonyl (C=O) groups excluding carboxylic acids is 2. The molecule has 224 valence electrons. The van der Waals surface area contributed by atoms with Crippen molar-refractivity contribution in [2.75, 3.05) is 20.2 Å². The van der Waals surface area contributed by atoms with Crippen LogP contribution in [-0.2, 0) is 15.9 Å². The predicted octanol–water partition coefficient (Wildman–Crippen LogP) is 3.54. The van der Waals surface area contributed by atoms with Gasteiger partial charge < -0.3 is 30.9 Å². The number of nitrogens with two attached hydrogens (primary N) is 1. The Morgan fingerprint density at radius 1 is 1.12 bits per heavy atom. The lowest BCUT2D eigenvalue weighted by atomic mass is 9.89. The molecule has 42 heavy (non-hydrogen) atoms. The molecule has 0 aliphatic carbocycles. The van der Waals surface area contributed by atoms with Crippen LogP contribution in [0.25, 0.3) is 11.3 Å². The number of benzene rings is 2. The van der Waals surface area contributed by atoms with Crippen molar-refractivity contribution >= 4 is 11.8 Å². The second kappa shape index (κ2) is 11.6. The first-order valence-corrected chi connectivity index (χ1v) is 12.9. The van der Waals surface area contributed by atoms with Gasteiger partial charge in [0.15, 0.2) is 17.6 Å². The van der Waals surface area contributed by atoms with Gasteiger partial charge >= 0.3 is 6.18 Å². The molecule has 4 rings (SSSR count). The molecule has 0 spiro atoms. The van der Waals surface area contributed by atoms with Gasteiger partial charge in [-0.05, 0) is 74.0 Å². The number of alkyl halides is 3. The molecule has 0 radical (unpaired) electrons. The fraction of sp³-hybridized carbons (Fsp3) is 0.345. The molecule has 2 amide bonds. The van der Waals surface area contributed by atoms with Gasteiger partial charge in [0.25, 0.3) is 11.8 Å². The van der Waals surface area contributed by atoms with Gasteiger partial charge in [-0.3, -0.25) is 9.59 Å². The maximum atomic E-state index is 14.5. The maximum Gasteiger partial charge on any atom is 0.424 e. The molecule has 1 aromatic heterocycles. The lowest BCUT2D eigenvalue weighted by Crippen LogP contribution is -2.51. The third-order valence-electron chi connectivity index (χ3n) is 6.80. The van der Waals surface area contributed by atoms with E-state index in [2.05, 4.69) is 15.6 Å². The van der Waals surface area contributed by atoms with Gasteiger partial charge in [0.1, 0.15) is 5.82 Å². The molecule has 2 heterocycles. The van der Waals surface area contributed by atoms with Crippen molar-refractivity contribution in [3.05, 3.63) is 77.2 Å². The number of methoxy groups -OCH3 is 1. The predicted molar refractivity (Wildman–Crippen MR) is 144 cm³/mol. The Kier molecular flexibility index (Phi) is 8.46. The van der Waals surface area contributed by atoms with Crippen LogP contribution in [0.4, 0.5) is 17.6 Å². The highest BCUT2D eigenvalue weighted by Gasteiger charge is 2.56. The van der Waals surface area contributed by atoms with E-state index in [9.17, 15) is 32.3 Å². The second-order valence-electron chi connectivity index (χ2n) is 10.4. The average molecular weight is 591 g/mol. The lowest BCUT2D eigenvalue weighted by Gasteiger charge is -2.32. The second-order valence-corrected chi connectivity index (χ2v) is 10.4. The van der Waals surface area contributed by atoms with E-state index >= 15 is 0 Å². The number of nitrogens with zero attached hydrogens (tertiary/aromatic N) is 1. The molecule has 5 N–H and O–H groups in total. The summed E-state index contributed by atoms with van der Waals surface area (Å²) in [6.07, 6.45) is -5.59. The van der Waals surface area contributed by atoms with E-state index < -0.39 is 47.4 Å². The van der Waals surface area contributed by atoms with E-state index in [1.165, 1.54) is 43.5 Å². The van der Waals surface area contributed by atoms with Gasteiger partial charge in [0, 0.05) is 29.6 Å². The molecule has 1 fully saturated rings. The lowest BCUT2D eigenvalue weighted by molar-refractivity contribution is -0.265. The van der Waals surface area contributed by atoms with Crippen LogP contribution >= 0.6 is 0 Å². The number of ether oxygens (including phenoxy) is 2. The molecule has 1 saturated heterocycles. The number of amides is 2. The molecular formula is C29H30F4N4O5. The summed E-state index contributed by atoms with van der Waals surface area (Å²) in [4.78, 5) is 28.8. The number of aromatic nitrogens is 1. The normalized spacial score (nSPS) is 16.9. The number of aliphatic hydroxyl groups is 1. The minimum atomic E-state index is -5.28. The molecule has 1 aliphatic heterocycles. The van der Waals surface area contributed by atoms with Crippen LogP contribution in [0.5, 0.6) is 11.5 Å². The number of pyridine rings is 1. The van der Waals surface area contributed by atoms with Crippen molar-refractivity contribution in [1.82, 2.24) is 15.6 Å². The van der Waals surface area contributed by atoms with Crippen LogP contribution < -0.4 is 25.8 Å². The smallest absolute Gasteiger partial charge is 0.424 e. The number of nitrogens with one attached hydrogen (secondary N) is 2. The van der Waals surface area contributed by atoms with Gasteiger partial charge in [-0.15, -0.1) is 0 Å². The van der Waals surface area contributed by atoms with Gasteiger partial charge in [-0.2, -0.15) is 13.2 Å². The summed E-state index contributed by atoms with van der Waals surface area (Å²) < 4.78 is 67.8. The van der Waals surface area contributed by atoms with Gasteiger partial charge in [0.05, 0.1) is 25.0 Å². The molecule has 2 aromatic carbocycles. The van der Waals surface area contributed by atoms with Gasteiger partial charge in [-0.25, -0.2) is 9.37 Å². The summed E-state index contributed by atoms with van der Waals surface area (Å²) in [5.74, 6) is -1.55. The first-order valence-electron chi connectivity index (χ1n) is 12.9. The first-order chi connectivity index (χ1) is 19.6. The Morgan fingerprint density at radius 2 is 1.81 bits per heavy atom. The number of hydrogen-bond donors (Lipinski definition) is 4. The summed E-state index contributed by atoms with van der Waals surface area (Å²) in [5, 5.41) is 15.8. The molecule has 13 heteroatoms. The topological polar surface area (TPSA) is 136 Å². The van der Waals surface area contributed by atoms with Gasteiger partial charge in [-0.1, -0.05) is 0 Å². The third-order valence-corrected chi connectivity index (χ3v) is 6.80. The fourth-order valence-corrected chi connectivity index (χ4v) is 4.27. The Hall–Kier alpha value is -4.23. The molecule has 1 unspecified atom stereocenters. The fourth-order valence-electron chi connectivity index (χ4n) is 4.27. The molecular weight excluding hydrogens is 560 g/mol. The van der Waals surface area contributed by atoms with E-state index in [1.807, 2.05) is 0 Å². The van der Waals surface area contributed by atoms with E-state index in [-0.39, 0.29) is 34.2 Å². The highest BCUT2D eigenvalue weighted by atomic mass is 19.4. The van der Waals surface area contributed by atoms with Crippen molar-refractivity contribution in [3.8, 4) is 22.8 Å². The molecule has 3 aromatic rings. The zero-order valence-electron chi connectivity index (χ0n) is 23.0. The molecule has 0 saturated carbocycles. The van der Waals surface area contributed by atoms with Crippen molar-refractivity contribution in [1.29, 1.82) is 0 Å². The summed E-state index contributed by atoms with van der Waals surface area (Å²) in [6, 6.07) is 11.3. The van der Waals surface area contributed by atoms with Crippen LogP contribution in [0.1, 0.15) is 41.9 Å². The largest absolute Gasteiger partial charge is 0.493 e. The van der Waals surface area contributed by atoms with Crippen molar-refractivity contribution in [2.45, 2.75) is 43.7 Å². The van der Waals surface area contributed by atoms with Crippen molar-refractivity contribution in [2.24, 2.45) is 5.73 Å². The SMILES string of the molecule is COc1cc(C(=O)NCC(O)(c2cc(C(C)(C)N)cc(-c3ccc(F)cc3)n2)C(F)(F)F)ccc1O[C@H]1CCNC1=O. The highest BCUT2D eigenvalue weighted by molar-refractivity contribution is 5.95. The molecule has 9 nitrogen and oxygen atoms in total. The summed E-state index contributed by atoms with van der Waals surface area (Å²) >= 11 is 0. The van der Waals surface area contributed by atoms with E-state index in [0.29, 0.717) is 18.5 Å². The zero-order valence-corrected chi connectivity index (χ0v) is 23.0. The van der Waals surface area contributed by atoms with E-state index in [1.54, 1.807) is 13.8 Å². The van der Waals surface area contributed by atoms with Crippen LogP contribution in [-0.4, -0.2) is 54.4 Å². The van der Waals surface area contributed by atoms with Gasteiger partial charge in [0.2, 0.25) is 5.60 Å². The number of carbonyl (C=O) groups is 2. The average Bonchev–Trinajstić information content (AvgIpc) is 3.34. The minimum Gasteiger partial charge on any atom is -0.493 e. The van der Waals surface area contributed by atoms with Crippen molar-refractivity contribution < 1.29 is 41.7 Å². The molecule has 1 aliphatic rings. The summed E-state index contributed by atoms with van der Waals surface area (Å²) in [7, 11) is 1.30. The quantitative estimate of drug-likeness (QED) is 0.280. The van der Waals surface area contributed by atoms with Crippen molar-refractivity contribution in [3.63, 3.8) is 0 Å². The zero-order chi connectivity index (χ0) is 30.9.